The van der Waals surface area contributed by atoms with Gasteiger partial charge in [-0.1, -0.05) is 0 Å². The summed E-state index contributed by atoms with van der Waals surface area (Å²) in [7, 11) is 0. The number of carboxylic acid groups (broad SMARTS) is 1. The molecule has 1 aliphatic heterocycles. The summed E-state index contributed by atoms with van der Waals surface area (Å²) in [5.74, 6) is 0.471. The number of benzene rings is 2. The van der Waals surface area contributed by atoms with Crippen LogP contribution in [0.1, 0.15) is 16.1 Å². The van der Waals surface area contributed by atoms with Crippen LogP contribution >= 0.6 is 0 Å². The second-order valence-corrected chi connectivity index (χ2v) is 5.45. The van der Waals surface area contributed by atoms with Gasteiger partial charge < -0.3 is 19.1 Å². The molecule has 1 aromatic heterocycles. The molecule has 4 rings (SSSR count). The molecule has 1 aliphatic rings. The normalized spacial score (nSPS) is 12.6. The first-order chi connectivity index (χ1) is 12.2. The van der Waals surface area contributed by atoms with Crippen molar-refractivity contribution >= 4 is 17.9 Å². The number of nitrogens with zero attached hydrogens (tertiary/aromatic N) is 2. The van der Waals surface area contributed by atoms with Crippen molar-refractivity contribution in [3.05, 3.63) is 72.1 Å². The number of carbonyl (C=O) groups is 1. The van der Waals surface area contributed by atoms with Crippen LogP contribution in [0, 0.1) is 0 Å². The molecule has 0 atom stereocenters. The zero-order valence-corrected chi connectivity index (χ0v) is 13.1. The SMILES string of the molecule is O=C(O)c1ccc(-n2cccc2C=Nc2ccc3c(c2)OCO3)cc1. The topological polar surface area (TPSA) is 73.0 Å². The van der Waals surface area contributed by atoms with E-state index >= 15 is 0 Å². The Morgan fingerprint density at radius 2 is 1.88 bits per heavy atom. The average molecular weight is 334 g/mol. The molecule has 0 aliphatic carbocycles. The molecular weight excluding hydrogens is 320 g/mol. The molecule has 2 aromatic carbocycles. The molecule has 3 aromatic rings. The molecule has 6 nitrogen and oxygen atoms in total. The van der Waals surface area contributed by atoms with Crippen molar-refractivity contribution in [2.45, 2.75) is 0 Å². The zero-order valence-electron chi connectivity index (χ0n) is 13.1. The summed E-state index contributed by atoms with van der Waals surface area (Å²) in [6.45, 7) is 0.234. The van der Waals surface area contributed by atoms with Crippen LogP contribution < -0.4 is 9.47 Å². The van der Waals surface area contributed by atoms with E-state index in [2.05, 4.69) is 4.99 Å². The minimum absolute atomic E-state index is 0.234. The number of hydrogen-bond acceptors (Lipinski definition) is 4. The van der Waals surface area contributed by atoms with Crippen molar-refractivity contribution in [1.82, 2.24) is 4.57 Å². The second kappa shape index (κ2) is 6.16. The van der Waals surface area contributed by atoms with Crippen LogP contribution in [-0.4, -0.2) is 28.7 Å². The Kier molecular flexibility index (Phi) is 3.70. The summed E-state index contributed by atoms with van der Waals surface area (Å²) in [6.07, 6.45) is 3.65. The van der Waals surface area contributed by atoms with E-state index in [1.54, 1.807) is 30.5 Å². The molecule has 25 heavy (non-hydrogen) atoms. The smallest absolute Gasteiger partial charge is 0.335 e. The van der Waals surface area contributed by atoms with Gasteiger partial charge in [-0.2, -0.15) is 0 Å². The predicted octanol–water partition coefficient (Wildman–Crippen LogP) is 3.65. The first kappa shape index (κ1) is 15.0. The van der Waals surface area contributed by atoms with Crippen molar-refractivity contribution < 1.29 is 19.4 Å². The Bertz CT molecular complexity index is 958. The maximum atomic E-state index is 11.0. The molecule has 1 N–H and O–H groups in total. The van der Waals surface area contributed by atoms with Crippen LogP contribution in [0.2, 0.25) is 0 Å². The summed E-state index contributed by atoms with van der Waals surface area (Å²) in [4.78, 5) is 15.4. The molecule has 6 heteroatoms. The van der Waals surface area contributed by atoms with Gasteiger partial charge in [0.05, 0.1) is 23.2 Å². The molecule has 0 saturated heterocycles. The van der Waals surface area contributed by atoms with E-state index in [-0.39, 0.29) is 12.4 Å². The number of aromatic nitrogens is 1. The largest absolute Gasteiger partial charge is 0.478 e. The van der Waals surface area contributed by atoms with Gasteiger partial charge in [-0.3, -0.25) is 4.99 Å². The highest BCUT2D eigenvalue weighted by atomic mass is 16.7. The number of aromatic carboxylic acids is 1. The first-order valence-electron chi connectivity index (χ1n) is 7.65. The fraction of sp³-hybridized carbons (Fsp3) is 0.0526. The highest BCUT2D eigenvalue weighted by molar-refractivity contribution is 5.88. The van der Waals surface area contributed by atoms with Gasteiger partial charge >= 0.3 is 5.97 Å². The number of ether oxygens (including phenoxy) is 2. The van der Waals surface area contributed by atoms with Crippen LogP contribution in [-0.2, 0) is 0 Å². The minimum Gasteiger partial charge on any atom is -0.478 e. The Balaban J connectivity index is 1.60. The molecule has 0 radical (unpaired) electrons. The Labute approximate surface area is 143 Å². The lowest BCUT2D eigenvalue weighted by molar-refractivity contribution is 0.0697. The minimum atomic E-state index is -0.941. The lowest BCUT2D eigenvalue weighted by Crippen LogP contribution is -2.00. The summed E-state index contributed by atoms with van der Waals surface area (Å²) >= 11 is 0. The molecule has 0 amide bonds. The van der Waals surface area contributed by atoms with Gasteiger partial charge in [-0.05, 0) is 48.5 Å². The van der Waals surface area contributed by atoms with Crippen molar-refractivity contribution in [1.29, 1.82) is 0 Å². The molecule has 0 fully saturated rings. The predicted molar refractivity (Wildman–Crippen MR) is 92.5 cm³/mol. The molecule has 0 bridgehead atoms. The van der Waals surface area contributed by atoms with E-state index in [0.717, 1.165) is 22.8 Å². The van der Waals surface area contributed by atoms with Gasteiger partial charge in [0, 0.05) is 18.0 Å². The maximum Gasteiger partial charge on any atom is 0.335 e. The Hall–Kier alpha value is -3.54. The van der Waals surface area contributed by atoms with E-state index in [1.807, 2.05) is 41.1 Å². The third-order valence-corrected chi connectivity index (χ3v) is 3.87. The van der Waals surface area contributed by atoms with E-state index in [9.17, 15) is 4.79 Å². The summed E-state index contributed by atoms with van der Waals surface area (Å²) < 4.78 is 12.6. The third-order valence-electron chi connectivity index (χ3n) is 3.87. The van der Waals surface area contributed by atoms with E-state index in [1.165, 1.54) is 0 Å². The molecule has 124 valence electrons. The number of rotatable bonds is 4. The summed E-state index contributed by atoms with van der Waals surface area (Å²) in [6, 6.07) is 16.1. The quantitative estimate of drug-likeness (QED) is 0.739. The van der Waals surface area contributed by atoms with Gasteiger partial charge in [0.25, 0.3) is 0 Å². The Morgan fingerprint density at radius 3 is 2.68 bits per heavy atom. The Morgan fingerprint density at radius 1 is 1.08 bits per heavy atom. The zero-order chi connectivity index (χ0) is 17.2. The fourth-order valence-corrected chi connectivity index (χ4v) is 2.61. The van der Waals surface area contributed by atoms with Gasteiger partial charge in [0.2, 0.25) is 6.79 Å². The van der Waals surface area contributed by atoms with E-state index < -0.39 is 5.97 Å². The van der Waals surface area contributed by atoms with Crippen molar-refractivity contribution in [3.8, 4) is 17.2 Å². The van der Waals surface area contributed by atoms with Gasteiger partial charge in [-0.25, -0.2) is 4.79 Å². The van der Waals surface area contributed by atoms with Gasteiger partial charge in [0.15, 0.2) is 11.5 Å². The van der Waals surface area contributed by atoms with Crippen LogP contribution in [0.25, 0.3) is 5.69 Å². The monoisotopic (exact) mass is 334 g/mol. The van der Waals surface area contributed by atoms with Crippen LogP contribution in [0.5, 0.6) is 11.5 Å². The lowest BCUT2D eigenvalue weighted by atomic mass is 10.2. The second-order valence-electron chi connectivity index (χ2n) is 5.45. The average Bonchev–Trinajstić information content (AvgIpc) is 3.28. The maximum absolute atomic E-state index is 11.0. The highest BCUT2D eigenvalue weighted by Gasteiger charge is 2.12. The number of aliphatic imine (C=N–C) groups is 1. The van der Waals surface area contributed by atoms with Gasteiger partial charge in [-0.15, -0.1) is 0 Å². The standard InChI is InChI=1S/C19H14N2O4/c22-19(23)13-3-6-15(7-4-13)21-9-1-2-16(21)11-20-14-5-8-17-18(10-14)25-12-24-17/h1-11H,12H2,(H,22,23). The van der Waals surface area contributed by atoms with Crippen molar-refractivity contribution in [2.75, 3.05) is 6.79 Å². The summed E-state index contributed by atoms with van der Waals surface area (Å²) in [5, 5.41) is 8.99. The highest BCUT2D eigenvalue weighted by Crippen LogP contribution is 2.35. The van der Waals surface area contributed by atoms with Crippen LogP contribution in [0.4, 0.5) is 5.69 Å². The van der Waals surface area contributed by atoms with Crippen molar-refractivity contribution in [3.63, 3.8) is 0 Å². The third kappa shape index (κ3) is 2.97. The number of carboxylic acids is 1. The molecule has 0 spiro atoms. The van der Waals surface area contributed by atoms with Crippen molar-refractivity contribution in [2.24, 2.45) is 4.99 Å². The van der Waals surface area contributed by atoms with E-state index in [4.69, 9.17) is 14.6 Å². The lowest BCUT2D eigenvalue weighted by Gasteiger charge is -2.06. The molecule has 0 saturated carbocycles. The number of fused-ring (bicyclic) bond motifs is 1. The van der Waals surface area contributed by atoms with E-state index in [0.29, 0.717) is 5.75 Å². The number of hydrogen-bond donors (Lipinski definition) is 1. The molecular formula is C19H14N2O4. The summed E-state index contributed by atoms with van der Waals surface area (Å²) in [5.41, 5.74) is 2.76. The fourth-order valence-electron chi connectivity index (χ4n) is 2.61. The molecule has 0 unspecified atom stereocenters. The van der Waals surface area contributed by atoms with Crippen LogP contribution in [0.3, 0.4) is 0 Å². The van der Waals surface area contributed by atoms with Crippen LogP contribution in [0.15, 0.2) is 65.8 Å². The first-order valence-corrected chi connectivity index (χ1v) is 7.65. The molecule has 2 heterocycles. The van der Waals surface area contributed by atoms with Gasteiger partial charge in [0.1, 0.15) is 0 Å².